The molecule has 0 aliphatic carbocycles. The van der Waals surface area contributed by atoms with Crippen LogP contribution in [0.5, 0.6) is 0 Å². The Hall–Kier alpha value is -3.06. The van der Waals surface area contributed by atoms with Crippen molar-refractivity contribution >= 4 is 29.4 Å². The van der Waals surface area contributed by atoms with Crippen molar-refractivity contribution in [2.75, 3.05) is 26.2 Å². The van der Waals surface area contributed by atoms with Crippen molar-refractivity contribution in [2.45, 2.75) is 6.04 Å². The maximum atomic E-state index is 13.1. The zero-order valence-electron chi connectivity index (χ0n) is 15.3. The van der Waals surface area contributed by atoms with Gasteiger partial charge in [-0.1, -0.05) is 42.0 Å². The molecule has 2 aliphatic rings. The van der Waals surface area contributed by atoms with E-state index >= 15 is 0 Å². The van der Waals surface area contributed by atoms with Crippen LogP contribution in [-0.4, -0.2) is 53.8 Å². The summed E-state index contributed by atoms with van der Waals surface area (Å²) in [6, 6.07) is 6.04. The summed E-state index contributed by atoms with van der Waals surface area (Å²) in [6.07, 6.45) is 3.15. The van der Waals surface area contributed by atoms with Crippen molar-refractivity contribution in [1.29, 1.82) is 0 Å². The summed E-state index contributed by atoms with van der Waals surface area (Å²) in [5, 5.41) is 5.96. The number of hydrogen-bond acceptors (Lipinski definition) is 3. The van der Waals surface area contributed by atoms with Crippen molar-refractivity contribution in [2.24, 2.45) is 0 Å². The molecule has 1 unspecified atom stereocenters. The number of halogens is 1. The monoisotopic (exact) mass is 400 g/mol. The van der Waals surface area contributed by atoms with Gasteiger partial charge >= 0.3 is 6.03 Å². The van der Waals surface area contributed by atoms with Crippen LogP contribution in [0, 0.1) is 0 Å². The lowest BCUT2D eigenvalue weighted by Gasteiger charge is -2.33. The number of urea groups is 1. The van der Waals surface area contributed by atoms with Gasteiger partial charge in [-0.05, 0) is 11.6 Å². The first-order valence-corrected chi connectivity index (χ1v) is 9.19. The summed E-state index contributed by atoms with van der Waals surface area (Å²) in [5.41, 5.74) is 1.62. The van der Waals surface area contributed by atoms with E-state index < -0.39 is 6.04 Å². The van der Waals surface area contributed by atoms with Gasteiger partial charge in [-0.15, -0.1) is 13.2 Å². The summed E-state index contributed by atoms with van der Waals surface area (Å²) >= 11 is 6.32. The van der Waals surface area contributed by atoms with Crippen molar-refractivity contribution < 1.29 is 14.4 Å². The summed E-state index contributed by atoms with van der Waals surface area (Å²) in [5.74, 6) is -0.598. The highest BCUT2D eigenvalue weighted by Crippen LogP contribution is 2.38. The summed E-state index contributed by atoms with van der Waals surface area (Å²) in [6.45, 7) is 7.86. The van der Waals surface area contributed by atoms with Gasteiger partial charge in [0.05, 0.1) is 23.9 Å². The molecule has 2 heterocycles. The van der Waals surface area contributed by atoms with Gasteiger partial charge in [0.15, 0.2) is 0 Å². The van der Waals surface area contributed by atoms with Gasteiger partial charge in [0.25, 0.3) is 5.91 Å². The third-order valence-electron chi connectivity index (χ3n) is 4.60. The lowest BCUT2D eigenvalue weighted by Crippen LogP contribution is -2.47. The zero-order chi connectivity index (χ0) is 20.3. The first-order valence-electron chi connectivity index (χ1n) is 8.81. The number of hydrogen-bond donors (Lipinski definition) is 2. The minimum atomic E-state index is -0.675. The largest absolute Gasteiger partial charge is 0.351 e. The molecule has 28 heavy (non-hydrogen) atoms. The molecule has 1 aromatic rings. The molecule has 0 fully saturated rings. The van der Waals surface area contributed by atoms with Crippen LogP contribution in [0.2, 0.25) is 5.02 Å². The zero-order valence-corrected chi connectivity index (χ0v) is 16.0. The molecule has 0 bridgehead atoms. The van der Waals surface area contributed by atoms with Gasteiger partial charge in [0.1, 0.15) is 6.54 Å². The van der Waals surface area contributed by atoms with Crippen molar-refractivity contribution in [3.05, 3.63) is 71.4 Å². The normalized spacial score (nSPS) is 18.7. The highest BCUT2D eigenvalue weighted by molar-refractivity contribution is 6.31. The van der Waals surface area contributed by atoms with Crippen molar-refractivity contribution in [3.8, 4) is 0 Å². The molecule has 2 aliphatic heterocycles. The van der Waals surface area contributed by atoms with E-state index in [0.717, 1.165) is 0 Å². The number of rotatable bonds is 7. The number of benzene rings is 1. The average Bonchev–Trinajstić information content (AvgIpc) is 2.99. The van der Waals surface area contributed by atoms with Crippen LogP contribution < -0.4 is 10.6 Å². The van der Waals surface area contributed by atoms with E-state index in [9.17, 15) is 14.4 Å². The van der Waals surface area contributed by atoms with Gasteiger partial charge in [0, 0.05) is 18.1 Å². The maximum Gasteiger partial charge on any atom is 0.322 e. The third kappa shape index (κ3) is 3.66. The molecule has 0 radical (unpaired) electrons. The number of carbonyl (C=O) groups is 3. The predicted molar refractivity (Wildman–Crippen MR) is 106 cm³/mol. The molecule has 146 valence electrons. The number of amides is 4. The Labute approximate surface area is 168 Å². The molecule has 3 rings (SSSR count). The fraction of sp³-hybridized carbons (Fsp3) is 0.250. The third-order valence-corrected chi connectivity index (χ3v) is 4.95. The van der Waals surface area contributed by atoms with Gasteiger partial charge in [0.2, 0.25) is 5.91 Å². The number of carbonyl (C=O) groups excluding carboxylic acids is 3. The lowest BCUT2D eigenvalue weighted by atomic mass is 9.95. The Morgan fingerprint density at radius 2 is 2.04 bits per heavy atom. The second-order valence-corrected chi connectivity index (χ2v) is 6.82. The molecule has 8 heteroatoms. The fourth-order valence-corrected chi connectivity index (χ4v) is 3.60. The highest BCUT2D eigenvalue weighted by Gasteiger charge is 2.44. The quantitative estimate of drug-likeness (QED) is 0.687. The second kappa shape index (κ2) is 8.31. The van der Waals surface area contributed by atoms with Gasteiger partial charge in [-0.2, -0.15) is 0 Å². The highest BCUT2D eigenvalue weighted by atomic mass is 35.5. The van der Waals surface area contributed by atoms with Crippen LogP contribution in [-0.2, 0) is 9.59 Å². The smallest absolute Gasteiger partial charge is 0.322 e. The molecular weight excluding hydrogens is 380 g/mol. The Morgan fingerprint density at radius 3 is 2.71 bits per heavy atom. The van der Waals surface area contributed by atoms with E-state index in [0.29, 0.717) is 28.4 Å². The summed E-state index contributed by atoms with van der Waals surface area (Å²) in [4.78, 5) is 40.8. The van der Waals surface area contributed by atoms with Crippen LogP contribution in [0.25, 0.3) is 0 Å². The van der Waals surface area contributed by atoms with E-state index in [2.05, 4.69) is 23.8 Å². The van der Waals surface area contributed by atoms with E-state index in [4.69, 9.17) is 11.6 Å². The molecule has 1 atom stereocenters. The van der Waals surface area contributed by atoms with Crippen molar-refractivity contribution in [3.63, 3.8) is 0 Å². The van der Waals surface area contributed by atoms with Crippen LogP contribution in [0.3, 0.4) is 0 Å². The Morgan fingerprint density at radius 1 is 1.29 bits per heavy atom. The second-order valence-electron chi connectivity index (χ2n) is 6.42. The van der Waals surface area contributed by atoms with E-state index in [1.54, 1.807) is 36.4 Å². The van der Waals surface area contributed by atoms with E-state index in [1.165, 1.54) is 9.80 Å². The Balaban J connectivity index is 1.95. The minimum Gasteiger partial charge on any atom is -0.351 e. The molecule has 4 amide bonds. The first-order chi connectivity index (χ1) is 13.5. The number of nitrogens with zero attached hydrogens (tertiary/aromatic N) is 2. The van der Waals surface area contributed by atoms with Crippen LogP contribution in [0.15, 0.2) is 60.8 Å². The predicted octanol–water partition coefficient (Wildman–Crippen LogP) is 1.99. The molecule has 0 saturated heterocycles. The summed E-state index contributed by atoms with van der Waals surface area (Å²) in [7, 11) is 0. The average molecular weight is 401 g/mol. The van der Waals surface area contributed by atoms with Crippen LogP contribution in [0.4, 0.5) is 4.79 Å². The van der Waals surface area contributed by atoms with E-state index in [-0.39, 0.29) is 37.5 Å². The molecule has 0 spiro atoms. The number of nitrogens with one attached hydrogen (secondary N) is 2. The molecule has 7 nitrogen and oxygen atoms in total. The molecule has 1 aromatic carbocycles. The van der Waals surface area contributed by atoms with Crippen molar-refractivity contribution in [1.82, 2.24) is 20.4 Å². The molecular formula is C20H21ClN4O3. The standard InChI is InChI=1S/C20H21ClN4O3/c1-3-9-22-16(26)12-24-11-15-17(19(24)27)18(13-7-5-6-8-14(13)21)23-20(28)25(15)10-4-2/h3-8,18H,1-2,9-12H2,(H,22,26)(H,23,28). The van der Waals surface area contributed by atoms with Crippen LogP contribution in [0.1, 0.15) is 11.6 Å². The van der Waals surface area contributed by atoms with Crippen LogP contribution >= 0.6 is 11.6 Å². The van der Waals surface area contributed by atoms with Gasteiger partial charge in [-0.25, -0.2) is 4.79 Å². The van der Waals surface area contributed by atoms with E-state index in [1.807, 2.05) is 0 Å². The fourth-order valence-electron chi connectivity index (χ4n) is 3.36. The van der Waals surface area contributed by atoms with Gasteiger partial charge in [-0.3, -0.25) is 14.5 Å². The topological polar surface area (TPSA) is 81.8 Å². The SMILES string of the molecule is C=CCNC(=O)CN1CC2=C(C1=O)C(c1ccccc1Cl)NC(=O)N2CC=C. The molecule has 0 aromatic heterocycles. The molecule has 2 N–H and O–H groups in total. The Bertz CT molecular complexity index is 880. The summed E-state index contributed by atoms with van der Waals surface area (Å²) < 4.78 is 0. The molecule has 0 saturated carbocycles. The Kier molecular flexibility index (Phi) is 5.84. The van der Waals surface area contributed by atoms with Gasteiger partial charge < -0.3 is 15.5 Å². The minimum absolute atomic E-state index is 0.106. The first kappa shape index (κ1) is 19.7. The lowest BCUT2D eigenvalue weighted by molar-refractivity contribution is -0.131. The maximum absolute atomic E-state index is 13.1.